The molecule has 184 valence electrons. The summed E-state index contributed by atoms with van der Waals surface area (Å²) in [5.74, 6) is 1.09. The van der Waals surface area contributed by atoms with Crippen LogP contribution in [0.5, 0.6) is 5.75 Å². The Kier molecular flexibility index (Phi) is 5.47. The number of piperidine rings is 1. The second-order valence-corrected chi connectivity index (χ2v) is 11.2. The molecular weight excluding hydrogens is 438 g/mol. The molecule has 2 N–H and O–H groups in total. The summed E-state index contributed by atoms with van der Waals surface area (Å²) in [4.78, 5) is 9.50. The van der Waals surface area contributed by atoms with Crippen LogP contribution in [0.4, 0.5) is 0 Å². The summed E-state index contributed by atoms with van der Waals surface area (Å²) in [6.45, 7) is 15.0. The van der Waals surface area contributed by atoms with Gasteiger partial charge in [-0.25, -0.2) is 14.6 Å². The molecule has 0 bridgehead atoms. The summed E-state index contributed by atoms with van der Waals surface area (Å²) >= 11 is 0. The highest BCUT2D eigenvalue weighted by molar-refractivity contribution is 5.82. The van der Waals surface area contributed by atoms with Crippen molar-refractivity contribution >= 4 is 11.2 Å². The maximum absolute atomic E-state index is 11.0. The van der Waals surface area contributed by atoms with Crippen LogP contribution in [0.25, 0.3) is 28.0 Å². The second-order valence-electron chi connectivity index (χ2n) is 11.2. The zero-order chi connectivity index (χ0) is 25.1. The van der Waals surface area contributed by atoms with Gasteiger partial charge in [0.15, 0.2) is 5.65 Å². The number of aromatic hydroxyl groups is 1. The molecule has 0 atom stereocenters. The molecule has 4 aromatic rings. The Hall–Kier alpha value is -3.26. The Morgan fingerprint density at radius 2 is 1.74 bits per heavy atom. The van der Waals surface area contributed by atoms with Crippen molar-refractivity contribution in [2.24, 2.45) is 0 Å². The molecule has 0 saturated carbocycles. The molecule has 3 aromatic heterocycles. The van der Waals surface area contributed by atoms with E-state index in [4.69, 9.17) is 4.98 Å². The molecule has 5 rings (SSSR count). The molecule has 35 heavy (non-hydrogen) atoms. The molecule has 1 aromatic carbocycles. The van der Waals surface area contributed by atoms with E-state index in [1.54, 1.807) is 6.07 Å². The SMILES string of the molecule is CCc1nc2c(cc1-c1ccc(-n3cc(C)nc3C)cc1O)nnn2C1CC(C)(C)NC(C)(C)C1. The van der Waals surface area contributed by atoms with Gasteiger partial charge >= 0.3 is 0 Å². The van der Waals surface area contributed by atoms with Gasteiger partial charge in [0.2, 0.25) is 0 Å². The Labute approximate surface area is 206 Å². The van der Waals surface area contributed by atoms with Crippen molar-refractivity contribution in [3.05, 3.63) is 47.7 Å². The van der Waals surface area contributed by atoms with Gasteiger partial charge in [0.05, 0.1) is 23.1 Å². The zero-order valence-corrected chi connectivity index (χ0v) is 21.7. The van der Waals surface area contributed by atoms with Crippen molar-refractivity contribution in [3.8, 4) is 22.6 Å². The fraction of sp³-hybridized carbons (Fsp3) is 0.481. The van der Waals surface area contributed by atoms with Gasteiger partial charge in [0.25, 0.3) is 0 Å². The first-order valence-corrected chi connectivity index (χ1v) is 12.4. The number of fused-ring (bicyclic) bond motifs is 1. The predicted octanol–water partition coefficient (Wildman–Crippen LogP) is 5.05. The van der Waals surface area contributed by atoms with Crippen LogP contribution in [-0.2, 0) is 6.42 Å². The van der Waals surface area contributed by atoms with Crippen molar-refractivity contribution in [3.63, 3.8) is 0 Å². The predicted molar refractivity (Wildman–Crippen MR) is 138 cm³/mol. The lowest BCUT2D eigenvalue weighted by Crippen LogP contribution is -2.58. The average Bonchev–Trinajstić information content (AvgIpc) is 3.32. The monoisotopic (exact) mass is 473 g/mol. The summed E-state index contributed by atoms with van der Waals surface area (Å²) in [6, 6.07) is 7.96. The molecule has 0 radical (unpaired) electrons. The van der Waals surface area contributed by atoms with E-state index >= 15 is 0 Å². The number of pyridine rings is 1. The Morgan fingerprint density at radius 3 is 2.34 bits per heavy atom. The van der Waals surface area contributed by atoms with Gasteiger partial charge in [0, 0.05) is 34.5 Å². The average molecular weight is 474 g/mol. The van der Waals surface area contributed by atoms with Crippen LogP contribution < -0.4 is 5.32 Å². The lowest BCUT2D eigenvalue weighted by molar-refractivity contribution is 0.127. The topological polar surface area (TPSA) is 93.7 Å². The number of nitrogens with zero attached hydrogens (tertiary/aromatic N) is 6. The van der Waals surface area contributed by atoms with Crippen LogP contribution in [0.2, 0.25) is 0 Å². The summed E-state index contributed by atoms with van der Waals surface area (Å²) in [5.41, 5.74) is 5.92. The van der Waals surface area contributed by atoms with Gasteiger partial charge in [-0.3, -0.25) is 0 Å². The summed E-state index contributed by atoms with van der Waals surface area (Å²) in [6.07, 6.45) is 4.61. The van der Waals surface area contributed by atoms with E-state index in [-0.39, 0.29) is 22.9 Å². The maximum Gasteiger partial charge on any atom is 0.179 e. The van der Waals surface area contributed by atoms with E-state index in [9.17, 15) is 5.11 Å². The maximum atomic E-state index is 11.0. The zero-order valence-electron chi connectivity index (χ0n) is 21.7. The number of nitrogens with one attached hydrogen (secondary N) is 1. The molecule has 0 amide bonds. The molecule has 1 aliphatic heterocycles. The third-order valence-corrected chi connectivity index (χ3v) is 6.93. The van der Waals surface area contributed by atoms with Crippen LogP contribution in [0.15, 0.2) is 30.5 Å². The van der Waals surface area contributed by atoms with Crippen molar-refractivity contribution in [2.75, 3.05) is 0 Å². The summed E-state index contributed by atoms with van der Waals surface area (Å²) < 4.78 is 3.99. The van der Waals surface area contributed by atoms with E-state index in [1.807, 2.05) is 47.5 Å². The van der Waals surface area contributed by atoms with E-state index in [2.05, 4.69) is 55.2 Å². The number of imidazole rings is 1. The van der Waals surface area contributed by atoms with Gasteiger partial charge in [-0.05, 0) is 79.0 Å². The Balaban J connectivity index is 1.56. The Morgan fingerprint density at radius 1 is 1.03 bits per heavy atom. The third kappa shape index (κ3) is 4.31. The number of phenolic OH excluding ortho intramolecular Hbond substituents is 1. The third-order valence-electron chi connectivity index (χ3n) is 6.93. The molecule has 8 heteroatoms. The lowest BCUT2D eigenvalue weighted by atomic mass is 9.79. The van der Waals surface area contributed by atoms with E-state index < -0.39 is 0 Å². The number of hydrogen-bond acceptors (Lipinski definition) is 6. The van der Waals surface area contributed by atoms with Gasteiger partial charge in [0.1, 0.15) is 17.1 Å². The number of aryl methyl sites for hydroxylation is 3. The first-order chi connectivity index (χ1) is 16.5. The van der Waals surface area contributed by atoms with Crippen LogP contribution >= 0.6 is 0 Å². The van der Waals surface area contributed by atoms with Crippen LogP contribution in [0.1, 0.15) is 70.7 Å². The molecule has 1 saturated heterocycles. The fourth-order valence-corrected chi connectivity index (χ4v) is 5.88. The molecular formula is C27H35N7O. The molecule has 0 spiro atoms. The molecule has 0 aliphatic carbocycles. The van der Waals surface area contributed by atoms with Gasteiger partial charge in [-0.1, -0.05) is 12.1 Å². The molecule has 1 aliphatic rings. The van der Waals surface area contributed by atoms with E-state index in [1.165, 1.54) is 0 Å². The first kappa shape index (κ1) is 23.5. The minimum absolute atomic E-state index is 0.00210. The number of benzene rings is 1. The van der Waals surface area contributed by atoms with Gasteiger partial charge < -0.3 is 15.0 Å². The van der Waals surface area contributed by atoms with Crippen molar-refractivity contribution < 1.29 is 5.11 Å². The standard InChI is InChI=1S/C27H35N7O/c1-8-22-21(20-10-9-18(11-24(20)35)33-15-16(2)28-17(33)3)12-23-25(29-22)34(32-30-23)19-13-26(4,5)31-27(6,7)14-19/h9-12,15,19,31,35H,8,13-14H2,1-7H3. The number of rotatable bonds is 4. The number of phenols is 1. The van der Waals surface area contributed by atoms with E-state index in [0.717, 1.165) is 64.5 Å². The molecule has 4 heterocycles. The number of aromatic nitrogens is 6. The Bertz CT molecular complexity index is 1400. The lowest BCUT2D eigenvalue weighted by Gasteiger charge is -2.46. The minimum atomic E-state index is -0.00210. The molecule has 8 nitrogen and oxygen atoms in total. The highest BCUT2D eigenvalue weighted by Gasteiger charge is 2.39. The fourth-order valence-electron chi connectivity index (χ4n) is 5.88. The quantitative estimate of drug-likeness (QED) is 0.431. The van der Waals surface area contributed by atoms with Crippen LogP contribution in [0, 0.1) is 13.8 Å². The highest BCUT2D eigenvalue weighted by atomic mass is 16.3. The largest absolute Gasteiger partial charge is 0.507 e. The van der Waals surface area contributed by atoms with Crippen LogP contribution in [0.3, 0.4) is 0 Å². The van der Waals surface area contributed by atoms with Crippen molar-refractivity contribution in [1.29, 1.82) is 0 Å². The highest BCUT2D eigenvalue weighted by Crippen LogP contribution is 2.38. The van der Waals surface area contributed by atoms with Gasteiger partial charge in [-0.15, -0.1) is 5.10 Å². The van der Waals surface area contributed by atoms with Crippen molar-refractivity contribution in [2.45, 2.75) is 84.8 Å². The van der Waals surface area contributed by atoms with Crippen molar-refractivity contribution in [1.82, 2.24) is 34.8 Å². The van der Waals surface area contributed by atoms with E-state index in [0.29, 0.717) is 0 Å². The second kappa shape index (κ2) is 8.16. The first-order valence-electron chi connectivity index (χ1n) is 12.4. The number of hydrogen-bond donors (Lipinski definition) is 2. The summed E-state index contributed by atoms with van der Waals surface area (Å²) in [5, 5.41) is 23.8. The van der Waals surface area contributed by atoms with Gasteiger partial charge in [-0.2, -0.15) is 0 Å². The normalized spacial score (nSPS) is 17.8. The molecule has 1 fully saturated rings. The summed E-state index contributed by atoms with van der Waals surface area (Å²) in [7, 11) is 0. The molecule has 0 unspecified atom stereocenters. The smallest absolute Gasteiger partial charge is 0.179 e. The minimum Gasteiger partial charge on any atom is -0.507 e. The van der Waals surface area contributed by atoms with Crippen LogP contribution in [-0.4, -0.2) is 45.7 Å².